The van der Waals surface area contributed by atoms with E-state index in [1.165, 1.54) is 0 Å². The van der Waals surface area contributed by atoms with Crippen molar-refractivity contribution in [3.63, 3.8) is 0 Å². The molecule has 0 aliphatic rings. The molecular weight excluding hydrogens is 182 g/mol. The summed E-state index contributed by atoms with van der Waals surface area (Å²) in [5, 5.41) is 20.1. The van der Waals surface area contributed by atoms with Crippen LogP contribution >= 0.6 is 0 Å². The number of aliphatic hydroxyl groups excluding tert-OH is 1. The van der Waals surface area contributed by atoms with Crippen molar-refractivity contribution in [1.29, 1.82) is 0 Å². The maximum Gasteiger partial charge on any atom is 0.223 e. The van der Waals surface area contributed by atoms with Crippen molar-refractivity contribution in [1.82, 2.24) is 5.32 Å². The van der Waals surface area contributed by atoms with Gasteiger partial charge in [-0.2, -0.15) is 0 Å². The summed E-state index contributed by atoms with van der Waals surface area (Å²) >= 11 is 0. The quantitative estimate of drug-likeness (QED) is 0.584. The fraction of sp³-hybridized carbons (Fsp3) is 0.900. The van der Waals surface area contributed by atoms with Crippen LogP contribution in [0.5, 0.6) is 0 Å². The number of hydrogen-bond acceptors (Lipinski definition) is 3. The smallest absolute Gasteiger partial charge is 0.223 e. The van der Waals surface area contributed by atoms with E-state index < -0.39 is 12.3 Å². The first-order valence-corrected chi connectivity index (χ1v) is 4.82. The average Bonchev–Trinajstić information content (AvgIpc) is 2.00. The van der Waals surface area contributed by atoms with Crippen molar-refractivity contribution < 1.29 is 15.0 Å². The molecule has 0 aliphatic heterocycles. The third-order valence-corrected chi connectivity index (χ3v) is 2.51. The van der Waals surface area contributed by atoms with Gasteiger partial charge in [-0.3, -0.25) is 4.79 Å². The number of carbonyl (C=O) groups excluding carboxylic acids is 1. The highest BCUT2D eigenvalue weighted by Gasteiger charge is 2.28. The van der Waals surface area contributed by atoms with E-state index in [4.69, 9.17) is 10.2 Å². The fourth-order valence-corrected chi connectivity index (χ4v) is 0.817. The second-order valence-corrected chi connectivity index (χ2v) is 4.80. The van der Waals surface area contributed by atoms with Gasteiger partial charge >= 0.3 is 0 Å². The van der Waals surface area contributed by atoms with Gasteiger partial charge in [-0.25, -0.2) is 0 Å². The molecule has 0 aliphatic carbocycles. The van der Waals surface area contributed by atoms with Crippen molar-refractivity contribution in [2.45, 2.75) is 47.0 Å². The lowest BCUT2D eigenvalue weighted by atomic mass is 9.81. The molecule has 1 amide bonds. The third kappa shape index (κ3) is 4.07. The van der Waals surface area contributed by atoms with Gasteiger partial charge in [0.1, 0.15) is 0 Å². The molecule has 4 nitrogen and oxygen atoms in total. The van der Waals surface area contributed by atoms with Crippen LogP contribution in [-0.2, 0) is 4.79 Å². The Morgan fingerprint density at radius 3 is 1.93 bits per heavy atom. The molecule has 0 rings (SSSR count). The lowest BCUT2D eigenvalue weighted by Crippen LogP contribution is -2.45. The van der Waals surface area contributed by atoms with E-state index in [9.17, 15) is 4.79 Å². The van der Waals surface area contributed by atoms with Crippen LogP contribution in [0.15, 0.2) is 0 Å². The molecule has 2 unspecified atom stereocenters. The van der Waals surface area contributed by atoms with Crippen LogP contribution in [0.2, 0.25) is 0 Å². The van der Waals surface area contributed by atoms with Gasteiger partial charge < -0.3 is 15.5 Å². The minimum atomic E-state index is -1.51. The van der Waals surface area contributed by atoms with Gasteiger partial charge in [0, 0.05) is 5.92 Å². The largest absolute Gasteiger partial charge is 0.366 e. The van der Waals surface area contributed by atoms with Crippen LogP contribution in [0.4, 0.5) is 0 Å². The molecule has 0 saturated carbocycles. The Morgan fingerprint density at radius 1 is 1.21 bits per heavy atom. The molecule has 0 radical (unpaired) electrons. The molecule has 2 atom stereocenters. The lowest BCUT2D eigenvalue weighted by molar-refractivity contribution is -0.132. The normalized spacial score (nSPS) is 16.6. The average molecular weight is 203 g/mol. The van der Waals surface area contributed by atoms with Gasteiger partial charge in [-0.1, -0.05) is 27.7 Å². The Morgan fingerprint density at radius 2 is 1.64 bits per heavy atom. The first kappa shape index (κ1) is 13.4. The van der Waals surface area contributed by atoms with Crippen LogP contribution in [-0.4, -0.2) is 28.5 Å². The number of amides is 1. The molecule has 0 heterocycles. The van der Waals surface area contributed by atoms with E-state index in [-0.39, 0.29) is 17.2 Å². The first-order chi connectivity index (χ1) is 6.16. The zero-order valence-electron chi connectivity index (χ0n) is 9.53. The van der Waals surface area contributed by atoms with E-state index in [0.29, 0.717) is 0 Å². The number of nitrogens with one attached hydrogen (secondary N) is 1. The molecule has 14 heavy (non-hydrogen) atoms. The topological polar surface area (TPSA) is 69.6 Å². The molecule has 0 aromatic heterocycles. The van der Waals surface area contributed by atoms with Crippen molar-refractivity contribution in [3.05, 3.63) is 0 Å². The second-order valence-electron chi connectivity index (χ2n) is 4.80. The van der Waals surface area contributed by atoms with E-state index >= 15 is 0 Å². The van der Waals surface area contributed by atoms with Crippen molar-refractivity contribution in [2.75, 3.05) is 0 Å². The second kappa shape index (κ2) is 4.75. The van der Waals surface area contributed by atoms with Crippen molar-refractivity contribution in [3.8, 4) is 0 Å². The molecule has 4 heteroatoms. The molecular formula is C10H21NO3. The SMILES string of the molecule is CC(NC(=O)C(C)C(C)(C)C)C(O)O. The number of aliphatic hydroxyl groups is 2. The number of rotatable bonds is 3. The van der Waals surface area contributed by atoms with Crippen LogP contribution in [0.1, 0.15) is 34.6 Å². The molecule has 0 aromatic rings. The highest BCUT2D eigenvalue weighted by Crippen LogP contribution is 2.25. The first-order valence-electron chi connectivity index (χ1n) is 4.82. The van der Waals surface area contributed by atoms with E-state index in [2.05, 4.69) is 5.32 Å². The molecule has 3 N–H and O–H groups in total. The summed E-state index contributed by atoms with van der Waals surface area (Å²) in [4.78, 5) is 11.6. The predicted octanol–water partition coefficient (Wildman–Crippen LogP) is 0.484. The standard InChI is InChI=1S/C10H21NO3/c1-6(10(3,4)5)8(12)11-7(2)9(13)14/h6-7,9,13-14H,1-5H3,(H,11,12). The van der Waals surface area contributed by atoms with Crippen molar-refractivity contribution >= 4 is 5.91 Å². The Bertz CT molecular complexity index is 196. The van der Waals surface area contributed by atoms with Gasteiger partial charge in [0.05, 0.1) is 6.04 Å². The Kier molecular flexibility index (Phi) is 4.55. The van der Waals surface area contributed by atoms with Gasteiger partial charge in [0.2, 0.25) is 5.91 Å². The monoisotopic (exact) mass is 203 g/mol. The Hall–Kier alpha value is -0.610. The molecule has 0 spiro atoms. The zero-order chi connectivity index (χ0) is 11.5. The molecule has 0 bridgehead atoms. The van der Waals surface area contributed by atoms with Gasteiger partial charge in [-0.15, -0.1) is 0 Å². The summed E-state index contributed by atoms with van der Waals surface area (Å²) < 4.78 is 0. The van der Waals surface area contributed by atoms with Gasteiger partial charge in [0.15, 0.2) is 6.29 Å². The summed E-state index contributed by atoms with van der Waals surface area (Å²) in [6.07, 6.45) is -1.51. The molecule has 0 aromatic carbocycles. The number of hydrogen-bond donors (Lipinski definition) is 3. The predicted molar refractivity (Wildman–Crippen MR) is 54.4 cm³/mol. The summed E-state index contributed by atoms with van der Waals surface area (Å²) in [6, 6.07) is -0.632. The summed E-state index contributed by atoms with van der Waals surface area (Å²) in [7, 11) is 0. The minimum Gasteiger partial charge on any atom is -0.366 e. The van der Waals surface area contributed by atoms with Crippen LogP contribution < -0.4 is 5.32 Å². The van der Waals surface area contributed by atoms with Crippen LogP contribution in [0.25, 0.3) is 0 Å². The summed E-state index contributed by atoms with van der Waals surface area (Å²) in [6.45, 7) is 9.29. The highest BCUT2D eigenvalue weighted by atomic mass is 16.5. The van der Waals surface area contributed by atoms with E-state index in [1.807, 2.05) is 27.7 Å². The number of carbonyl (C=O) groups is 1. The summed E-state index contributed by atoms with van der Waals surface area (Å²) in [5.41, 5.74) is -0.121. The highest BCUT2D eigenvalue weighted by molar-refractivity contribution is 5.79. The third-order valence-electron chi connectivity index (χ3n) is 2.51. The lowest BCUT2D eigenvalue weighted by Gasteiger charge is -2.28. The van der Waals surface area contributed by atoms with E-state index in [1.54, 1.807) is 6.92 Å². The van der Waals surface area contributed by atoms with Crippen LogP contribution in [0.3, 0.4) is 0 Å². The van der Waals surface area contributed by atoms with Crippen molar-refractivity contribution in [2.24, 2.45) is 11.3 Å². The molecule has 84 valence electrons. The summed E-state index contributed by atoms with van der Waals surface area (Å²) in [5.74, 6) is -0.318. The van der Waals surface area contributed by atoms with Crippen LogP contribution in [0, 0.1) is 11.3 Å². The Balaban J connectivity index is 4.23. The maximum atomic E-state index is 11.6. The van der Waals surface area contributed by atoms with Gasteiger partial charge in [-0.05, 0) is 12.3 Å². The maximum absolute atomic E-state index is 11.6. The fourth-order valence-electron chi connectivity index (χ4n) is 0.817. The van der Waals surface area contributed by atoms with Gasteiger partial charge in [0.25, 0.3) is 0 Å². The molecule has 0 fully saturated rings. The minimum absolute atomic E-state index is 0.121. The molecule has 0 saturated heterocycles. The zero-order valence-corrected chi connectivity index (χ0v) is 9.53. The Labute approximate surface area is 85.3 Å². The van der Waals surface area contributed by atoms with E-state index in [0.717, 1.165) is 0 Å².